The second-order valence-corrected chi connectivity index (χ2v) is 9.80. The lowest BCUT2D eigenvalue weighted by Crippen LogP contribution is -2.58. The fraction of sp³-hybridized carbons (Fsp3) is 0.393. The number of phenolic OH excluding ortho intramolecular Hbond substituents is 1. The number of aliphatic hydroxyl groups is 1. The number of nitrogens with zero attached hydrogens (tertiary/aromatic N) is 1. The van der Waals surface area contributed by atoms with E-state index < -0.39 is 54.0 Å². The van der Waals surface area contributed by atoms with E-state index >= 15 is 0 Å². The third-order valence-electron chi connectivity index (χ3n) is 6.31. The standard InChI is InChI=1S/C28H39N7O7/c1-16(36)23(29)26(40)34-21(14-17-6-3-2-4-7-17)25(39)33-20(8-5-13-32-28(30)31)24(38)35-22(27(41)42)15-18-9-11-19(37)12-10-18/h2-4,6-7,9-12,16,20-23,36-37H,5,8,13-15,29H2,1H3,(H,33,39)(H,34,40)(H,35,38)(H,41,42)(H4,30,31,32). The summed E-state index contributed by atoms with van der Waals surface area (Å²) in [6.07, 6.45) is -0.916. The van der Waals surface area contributed by atoms with Crippen LogP contribution in [0, 0.1) is 0 Å². The quantitative estimate of drug-likeness (QED) is 0.0624. The van der Waals surface area contributed by atoms with Gasteiger partial charge in [0.2, 0.25) is 17.7 Å². The molecule has 5 atom stereocenters. The minimum absolute atomic E-state index is 0.00441. The number of carboxylic acids is 1. The molecule has 2 rings (SSSR count). The first-order valence-corrected chi connectivity index (χ1v) is 13.3. The number of benzene rings is 2. The van der Waals surface area contributed by atoms with Crippen molar-refractivity contribution < 1.29 is 34.5 Å². The maximum atomic E-state index is 13.5. The highest BCUT2D eigenvalue weighted by Crippen LogP contribution is 2.12. The molecular formula is C28H39N7O7. The lowest BCUT2D eigenvalue weighted by atomic mass is 10.0. The summed E-state index contributed by atoms with van der Waals surface area (Å²) in [4.78, 5) is 55.2. The number of aliphatic imine (C=N–C) groups is 1. The van der Waals surface area contributed by atoms with Gasteiger partial charge in [0.05, 0.1) is 6.10 Å². The van der Waals surface area contributed by atoms with Crippen molar-refractivity contribution in [1.82, 2.24) is 16.0 Å². The number of carbonyl (C=O) groups is 4. The predicted octanol–water partition coefficient (Wildman–Crippen LogP) is -1.52. The van der Waals surface area contributed by atoms with E-state index in [1.165, 1.54) is 31.2 Å². The number of nitrogens with two attached hydrogens (primary N) is 3. The third kappa shape index (κ3) is 11.4. The van der Waals surface area contributed by atoms with Crippen LogP contribution in [0.15, 0.2) is 59.6 Å². The molecule has 228 valence electrons. The Morgan fingerprint density at radius 2 is 1.33 bits per heavy atom. The van der Waals surface area contributed by atoms with E-state index in [9.17, 15) is 34.5 Å². The summed E-state index contributed by atoms with van der Waals surface area (Å²) < 4.78 is 0. The highest BCUT2D eigenvalue weighted by molar-refractivity contribution is 5.94. The average Bonchev–Trinajstić information content (AvgIpc) is 2.94. The van der Waals surface area contributed by atoms with Crippen LogP contribution in [0.3, 0.4) is 0 Å². The predicted molar refractivity (Wildman–Crippen MR) is 155 cm³/mol. The molecule has 5 unspecified atom stereocenters. The summed E-state index contributed by atoms with van der Waals surface area (Å²) in [7, 11) is 0. The average molecular weight is 586 g/mol. The van der Waals surface area contributed by atoms with Crippen LogP contribution in [-0.2, 0) is 32.0 Å². The summed E-state index contributed by atoms with van der Waals surface area (Å²) in [5.41, 5.74) is 17.7. The monoisotopic (exact) mass is 585 g/mol. The Balaban J connectivity index is 2.26. The molecule has 0 aliphatic heterocycles. The molecule has 0 saturated heterocycles. The van der Waals surface area contributed by atoms with Gasteiger partial charge in [0, 0.05) is 19.4 Å². The van der Waals surface area contributed by atoms with Crippen molar-refractivity contribution in [3.8, 4) is 5.75 Å². The molecule has 14 heteroatoms. The Morgan fingerprint density at radius 3 is 1.90 bits per heavy atom. The van der Waals surface area contributed by atoms with Crippen LogP contribution >= 0.6 is 0 Å². The Labute approximate surface area is 243 Å². The van der Waals surface area contributed by atoms with Crippen LogP contribution in [-0.4, -0.2) is 81.8 Å². The number of rotatable bonds is 16. The lowest BCUT2D eigenvalue weighted by molar-refractivity contribution is -0.142. The van der Waals surface area contributed by atoms with Crippen molar-refractivity contribution in [2.75, 3.05) is 6.54 Å². The number of aliphatic carboxylic acids is 1. The minimum atomic E-state index is -1.34. The fourth-order valence-electron chi connectivity index (χ4n) is 3.93. The summed E-state index contributed by atoms with van der Waals surface area (Å²) >= 11 is 0. The van der Waals surface area contributed by atoms with Gasteiger partial charge in [-0.25, -0.2) is 4.79 Å². The van der Waals surface area contributed by atoms with E-state index in [2.05, 4.69) is 20.9 Å². The highest BCUT2D eigenvalue weighted by Gasteiger charge is 2.31. The maximum absolute atomic E-state index is 13.5. The maximum Gasteiger partial charge on any atom is 0.326 e. The minimum Gasteiger partial charge on any atom is -0.508 e. The number of aliphatic hydroxyl groups excluding tert-OH is 1. The van der Waals surface area contributed by atoms with E-state index in [0.29, 0.717) is 11.1 Å². The van der Waals surface area contributed by atoms with Crippen LogP contribution < -0.4 is 33.2 Å². The van der Waals surface area contributed by atoms with Crippen molar-refractivity contribution >= 4 is 29.7 Å². The van der Waals surface area contributed by atoms with Gasteiger partial charge in [-0.05, 0) is 43.0 Å². The van der Waals surface area contributed by atoms with E-state index in [4.69, 9.17) is 17.2 Å². The van der Waals surface area contributed by atoms with Gasteiger partial charge >= 0.3 is 5.97 Å². The summed E-state index contributed by atoms with van der Waals surface area (Å²) in [6, 6.07) is 9.62. The number of aromatic hydroxyl groups is 1. The first-order chi connectivity index (χ1) is 19.9. The Bertz CT molecular complexity index is 1220. The third-order valence-corrected chi connectivity index (χ3v) is 6.31. The molecule has 3 amide bonds. The van der Waals surface area contributed by atoms with Gasteiger partial charge in [-0.1, -0.05) is 42.5 Å². The smallest absolute Gasteiger partial charge is 0.326 e. The SMILES string of the molecule is CC(O)C(N)C(=O)NC(Cc1ccccc1)C(=O)NC(CCCN=C(N)N)C(=O)NC(Cc1ccc(O)cc1)C(=O)O. The normalized spacial score (nSPS) is 14.4. The number of nitrogens with one attached hydrogen (secondary N) is 3. The van der Waals surface area contributed by atoms with Crippen LogP contribution in [0.25, 0.3) is 0 Å². The van der Waals surface area contributed by atoms with Crippen LogP contribution in [0.5, 0.6) is 5.75 Å². The number of phenols is 1. The molecule has 14 nitrogen and oxygen atoms in total. The molecule has 0 aromatic heterocycles. The molecule has 0 spiro atoms. The van der Waals surface area contributed by atoms with E-state index in [1.807, 2.05) is 0 Å². The van der Waals surface area contributed by atoms with Gasteiger partial charge in [-0.15, -0.1) is 0 Å². The molecule has 0 radical (unpaired) electrons. The molecule has 0 heterocycles. The fourth-order valence-corrected chi connectivity index (χ4v) is 3.93. The zero-order valence-corrected chi connectivity index (χ0v) is 23.3. The van der Waals surface area contributed by atoms with Crippen molar-refractivity contribution in [3.05, 3.63) is 65.7 Å². The largest absolute Gasteiger partial charge is 0.508 e. The summed E-state index contributed by atoms with van der Waals surface area (Å²) in [5, 5.41) is 36.6. The topological polar surface area (TPSA) is 255 Å². The first kappa shape index (κ1) is 33.5. The Hall–Kier alpha value is -4.69. The molecule has 2 aromatic rings. The van der Waals surface area contributed by atoms with Gasteiger partial charge < -0.3 is 48.5 Å². The number of carbonyl (C=O) groups excluding carboxylic acids is 3. The van der Waals surface area contributed by atoms with E-state index in [-0.39, 0.29) is 43.9 Å². The van der Waals surface area contributed by atoms with Gasteiger partial charge in [-0.2, -0.15) is 0 Å². The molecule has 0 saturated carbocycles. The van der Waals surface area contributed by atoms with Crippen molar-refractivity contribution in [2.45, 2.75) is 62.9 Å². The number of guanidine groups is 1. The first-order valence-electron chi connectivity index (χ1n) is 13.3. The summed E-state index contributed by atoms with van der Waals surface area (Å²) in [6.45, 7) is 1.48. The molecule has 0 aliphatic rings. The Kier molecular flexibility index (Phi) is 13.2. The number of hydrogen-bond acceptors (Lipinski definition) is 8. The zero-order chi connectivity index (χ0) is 31.2. The second kappa shape index (κ2) is 16.5. The molecular weight excluding hydrogens is 546 g/mol. The number of carboxylic acid groups (broad SMARTS) is 1. The van der Waals surface area contributed by atoms with Crippen molar-refractivity contribution in [1.29, 1.82) is 0 Å². The molecule has 0 fully saturated rings. The Morgan fingerprint density at radius 1 is 0.810 bits per heavy atom. The van der Waals surface area contributed by atoms with Crippen LogP contribution in [0.1, 0.15) is 30.9 Å². The van der Waals surface area contributed by atoms with E-state index in [1.54, 1.807) is 30.3 Å². The van der Waals surface area contributed by atoms with Crippen molar-refractivity contribution in [2.24, 2.45) is 22.2 Å². The number of amides is 3. The molecule has 42 heavy (non-hydrogen) atoms. The lowest BCUT2D eigenvalue weighted by Gasteiger charge is -2.26. The van der Waals surface area contributed by atoms with E-state index in [0.717, 1.165) is 0 Å². The van der Waals surface area contributed by atoms with Gasteiger partial charge in [0.1, 0.15) is 29.9 Å². The molecule has 0 bridgehead atoms. The molecule has 0 aliphatic carbocycles. The summed E-state index contributed by atoms with van der Waals surface area (Å²) in [5.74, 6) is -3.72. The highest BCUT2D eigenvalue weighted by atomic mass is 16.4. The number of hydrogen-bond donors (Lipinski definition) is 9. The second-order valence-electron chi connectivity index (χ2n) is 9.80. The molecule has 12 N–H and O–H groups in total. The van der Waals surface area contributed by atoms with Crippen LogP contribution in [0.2, 0.25) is 0 Å². The van der Waals surface area contributed by atoms with Gasteiger partial charge in [0.25, 0.3) is 0 Å². The van der Waals surface area contributed by atoms with Gasteiger partial charge in [-0.3, -0.25) is 19.4 Å². The zero-order valence-electron chi connectivity index (χ0n) is 23.3. The van der Waals surface area contributed by atoms with Crippen LogP contribution in [0.4, 0.5) is 0 Å². The van der Waals surface area contributed by atoms with Crippen molar-refractivity contribution in [3.63, 3.8) is 0 Å². The molecule has 2 aromatic carbocycles. The van der Waals surface area contributed by atoms with Gasteiger partial charge in [0.15, 0.2) is 5.96 Å².